The monoisotopic (exact) mass is 419 g/mol. The van der Waals surface area contributed by atoms with Crippen LogP contribution in [0.5, 0.6) is 0 Å². The summed E-state index contributed by atoms with van der Waals surface area (Å²) in [4.78, 5) is 36.0. The van der Waals surface area contributed by atoms with E-state index in [1.807, 2.05) is 0 Å². The first kappa shape index (κ1) is 21.6. The Kier molecular flexibility index (Phi) is 6.02. The van der Waals surface area contributed by atoms with E-state index in [0.717, 1.165) is 6.07 Å². The molecule has 0 saturated carbocycles. The van der Waals surface area contributed by atoms with E-state index in [1.165, 1.54) is 19.1 Å². The van der Waals surface area contributed by atoms with Crippen molar-refractivity contribution in [3.05, 3.63) is 52.4 Å². The maximum Gasteiger partial charge on any atom is 0.249 e. The molecule has 3 unspecified atom stereocenters. The quantitative estimate of drug-likeness (QED) is 0.563. The highest BCUT2D eigenvalue weighted by Crippen LogP contribution is 2.39. The second kappa shape index (κ2) is 8.35. The number of halogens is 2. The van der Waals surface area contributed by atoms with Crippen LogP contribution < -0.4 is 16.0 Å². The van der Waals surface area contributed by atoms with Crippen molar-refractivity contribution in [2.75, 3.05) is 11.9 Å². The normalized spacial score (nSPS) is 22.6. The minimum absolute atomic E-state index is 0.0599. The molecule has 0 bridgehead atoms. The van der Waals surface area contributed by atoms with Crippen LogP contribution >= 0.6 is 0 Å². The topological polar surface area (TPSA) is 108 Å². The van der Waals surface area contributed by atoms with Gasteiger partial charge in [0.15, 0.2) is 11.6 Å². The SMILES string of the molecule is CC(=O)CC(O)CNC(=O)C1=C(C)N/C(=C\C2C(=O)Nc3ccc(F)c(F)c32)C1C. The third-order valence-electron chi connectivity index (χ3n) is 5.23. The Balaban J connectivity index is 1.78. The van der Waals surface area contributed by atoms with Crippen molar-refractivity contribution in [2.45, 2.75) is 39.2 Å². The lowest BCUT2D eigenvalue weighted by molar-refractivity contribution is -0.121. The number of nitrogens with one attached hydrogen (secondary N) is 3. The van der Waals surface area contributed by atoms with E-state index < -0.39 is 41.4 Å². The molecule has 0 spiro atoms. The first-order valence-corrected chi connectivity index (χ1v) is 9.54. The van der Waals surface area contributed by atoms with E-state index in [0.29, 0.717) is 17.0 Å². The molecular weight excluding hydrogens is 396 g/mol. The molecular formula is C21H23F2N3O4. The number of aliphatic hydroxyl groups excluding tert-OH is 1. The lowest BCUT2D eigenvalue weighted by Gasteiger charge is -2.14. The van der Waals surface area contributed by atoms with Crippen LogP contribution in [-0.2, 0) is 14.4 Å². The van der Waals surface area contributed by atoms with Gasteiger partial charge < -0.3 is 21.1 Å². The second-order valence-corrected chi connectivity index (χ2v) is 7.57. The number of Topliss-reactive ketones (excluding diaryl/α,β-unsaturated/α-hetero) is 1. The zero-order valence-electron chi connectivity index (χ0n) is 16.8. The molecule has 0 fully saturated rings. The Morgan fingerprint density at radius 1 is 1.30 bits per heavy atom. The van der Waals surface area contributed by atoms with Crippen molar-refractivity contribution in [3.8, 4) is 0 Å². The standard InChI is InChI=1S/C21H23F2N3O4/c1-9(27)6-12(28)8-24-21(30)17-10(2)16(25-11(17)3)7-13-18-15(26-20(13)29)5-4-14(22)19(18)23/h4-5,7,10,12-13,25,28H,6,8H2,1-3H3,(H,24,30)(H,26,29)/b16-7-. The summed E-state index contributed by atoms with van der Waals surface area (Å²) in [5.41, 5.74) is 1.61. The molecule has 0 radical (unpaired) electrons. The number of amides is 2. The van der Waals surface area contributed by atoms with Gasteiger partial charge in [-0.2, -0.15) is 0 Å². The summed E-state index contributed by atoms with van der Waals surface area (Å²) in [6.45, 7) is 4.70. The highest BCUT2D eigenvalue weighted by Gasteiger charge is 2.36. The summed E-state index contributed by atoms with van der Waals surface area (Å²) in [5, 5.41) is 17.9. The minimum Gasteiger partial charge on any atom is -0.391 e. The van der Waals surface area contributed by atoms with E-state index in [-0.39, 0.29) is 30.0 Å². The third kappa shape index (κ3) is 4.11. The maximum absolute atomic E-state index is 14.3. The van der Waals surface area contributed by atoms with Gasteiger partial charge >= 0.3 is 0 Å². The van der Waals surface area contributed by atoms with Crippen LogP contribution in [0.2, 0.25) is 0 Å². The average molecular weight is 419 g/mol. The molecule has 2 heterocycles. The molecule has 160 valence electrons. The Labute approximate surface area is 172 Å². The fourth-order valence-corrected chi connectivity index (χ4v) is 3.79. The van der Waals surface area contributed by atoms with Gasteiger partial charge in [0.05, 0.1) is 12.0 Å². The maximum atomic E-state index is 14.3. The van der Waals surface area contributed by atoms with E-state index in [2.05, 4.69) is 16.0 Å². The Morgan fingerprint density at radius 3 is 2.67 bits per heavy atom. The van der Waals surface area contributed by atoms with Gasteiger partial charge in [0.25, 0.3) is 0 Å². The number of anilines is 1. The number of hydrogen-bond acceptors (Lipinski definition) is 5. The predicted molar refractivity (Wildman–Crippen MR) is 105 cm³/mol. The first-order valence-electron chi connectivity index (χ1n) is 9.54. The van der Waals surface area contributed by atoms with Gasteiger partial charge in [-0.1, -0.05) is 6.92 Å². The van der Waals surface area contributed by atoms with Gasteiger partial charge in [-0.25, -0.2) is 8.78 Å². The highest BCUT2D eigenvalue weighted by atomic mass is 19.2. The zero-order valence-corrected chi connectivity index (χ0v) is 16.8. The van der Waals surface area contributed by atoms with Crippen LogP contribution in [0.1, 0.15) is 38.7 Å². The molecule has 7 nitrogen and oxygen atoms in total. The van der Waals surface area contributed by atoms with E-state index in [4.69, 9.17) is 0 Å². The third-order valence-corrected chi connectivity index (χ3v) is 5.23. The fourth-order valence-electron chi connectivity index (χ4n) is 3.79. The number of allylic oxidation sites excluding steroid dienone is 2. The van der Waals surface area contributed by atoms with Gasteiger partial charge in [0.2, 0.25) is 11.8 Å². The number of fused-ring (bicyclic) bond motifs is 1. The fraction of sp³-hybridized carbons (Fsp3) is 0.381. The summed E-state index contributed by atoms with van der Waals surface area (Å²) in [6, 6.07) is 2.26. The molecule has 0 aliphatic carbocycles. The van der Waals surface area contributed by atoms with E-state index >= 15 is 0 Å². The van der Waals surface area contributed by atoms with Crippen molar-refractivity contribution >= 4 is 23.3 Å². The van der Waals surface area contributed by atoms with Crippen molar-refractivity contribution in [1.82, 2.24) is 10.6 Å². The average Bonchev–Trinajstić information content (AvgIpc) is 3.12. The second-order valence-electron chi connectivity index (χ2n) is 7.57. The molecule has 4 N–H and O–H groups in total. The number of benzene rings is 1. The molecule has 0 saturated heterocycles. The molecule has 3 atom stereocenters. The summed E-state index contributed by atoms with van der Waals surface area (Å²) in [7, 11) is 0. The van der Waals surface area contributed by atoms with Crippen LogP contribution in [0, 0.1) is 17.6 Å². The highest BCUT2D eigenvalue weighted by molar-refractivity contribution is 6.04. The molecule has 2 aliphatic heterocycles. The van der Waals surface area contributed by atoms with Gasteiger partial charge in [-0.15, -0.1) is 0 Å². The van der Waals surface area contributed by atoms with Crippen LogP contribution in [0.15, 0.2) is 35.2 Å². The van der Waals surface area contributed by atoms with E-state index in [9.17, 15) is 28.3 Å². The van der Waals surface area contributed by atoms with Crippen LogP contribution in [0.3, 0.4) is 0 Å². The lowest BCUT2D eigenvalue weighted by atomic mass is 9.93. The molecule has 1 aromatic rings. The Morgan fingerprint density at radius 2 is 2.00 bits per heavy atom. The summed E-state index contributed by atoms with van der Waals surface area (Å²) < 4.78 is 28.0. The summed E-state index contributed by atoms with van der Waals surface area (Å²) in [6.07, 6.45) is 0.446. The zero-order chi connectivity index (χ0) is 22.2. The van der Waals surface area contributed by atoms with Gasteiger partial charge in [-0.05, 0) is 32.1 Å². The summed E-state index contributed by atoms with van der Waals surface area (Å²) in [5.74, 6) is -4.70. The first-order chi connectivity index (χ1) is 14.1. The molecule has 9 heteroatoms. The van der Waals surface area contributed by atoms with Crippen LogP contribution in [-0.4, -0.2) is 35.4 Å². The number of aliphatic hydroxyl groups is 1. The Hall–Kier alpha value is -3.07. The van der Waals surface area contributed by atoms with Crippen molar-refractivity contribution in [2.24, 2.45) is 5.92 Å². The van der Waals surface area contributed by atoms with E-state index in [1.54, 1.807) is 13.8 Å². The molecule has 2 aliphatic rings. The number of ketones is 1. The minimum atomic E-state index is -1.08. The van der Waals surface area contributed by atoms with Crippen molar-refractivity contribution in [1.29, 1.82) is 0 Å². The van der Waals surface area contributed by atoms with Crippen molar-refractivity contribution in [3.63, 3.8) is 0 Å². The van der Waals surface area contributed by atoms with Gasteiger partial charge in [0, 0.05) is 47.1 Å². The van der Waals surface area contributed by atoms with Crippen LogP contribution in [0.4, 0.5) is 14.5 Å². The van der Waals surface area contributed by atoms with Crippen LogP contribution in [0.25, 0.3) is 0 Å². The lowest BCUT2D eigenvalue weighted by Crippen LogP contribution is -2.35. The predicted octanol–water partition coefficient (Wildman–Crippen LogP) is 1.85. The largest absolute Gasteiger partial charge is 0.391 e. The molecule has 0 aromatic heterocycles. The molecule has 3 rings (SSSR count). The molecule has 2 amide bonds. The molecule has 1 aromatic carbocycles. The number of carbonyl (C=O) groups is 3. The smallest absolute Gasteiger partial charge is 0.249 e. The number of carbonyl (C=O) groups excluding carboxylic acids is 3. The summed E-state index contributed by atoms with van der Waals surface area (Å²) >= 11 is 0. The number of hydrogen-bond donors (Lipinski definition) is 4. The van der Waals surface area contributed by atoms with Gasteiger partial charge in [-0.3, -0.25) is 14.4 Å². The van der Waals surface area contributed by atoms with Gasteiger partial charge in [0.1, 0.15) is 5.78 Å². The molecule has 30 heavy (non-hydrogen) atoms. The Bertz CT molecular complexity index is 987. The van der Waals surface area contributed by atoms with Crippen molar-refractivity contribution < 1.29 is 28.3 Å². The number of rotatable bonds is 6.